The Morgan fingerprint density at radius 1 is 1.21 bits per heavy atom. The van der Waals surface area contributed by atoms with Crippen LogP contribution in [0, 0.1) is 5.92 Å². The van der Waals surface area contributed by atoms with Crippen molar-refractivity contribution in [2.24, 2.45) is 5.92 Å². The Kier molecular flexibility index (Phi) is 8.43. The molecule has 6 atom stereocenters. The number of hydrogen-bond donors (Lipinski definition) is 2. The number of rotatable bonds is 9. The van der Waals surface area contributed by atoms with Crippen LogP contribution in [-0.2, 0) is 30.7 Å². The lowest BCUT2D eigenvalue weighted by Gasteiger charge is -2.35. The second-order valence-corrected chi connectivity index (χ2v) is 12.2. The molecule has 0 radical (unpaired) electrons. The molecule has 0 aromatic heterocycles. The van der Waals surface area contributed by atoms with Crippen molar-refractivity contribution in [1.29, 1.82) is 0 Å². The number of hydrogen-bond acceptors (Lipinski definition) is 8. The molecule has 2 aromatic rings. The fourth-order valence-electron chi connectivity index (χ4n) is 5.57. The van der Waals surface area contributed by atoms with Gasteiger partial charge in [-0.05, 0) is 55.0 Å². The van der Waals surface area contributed by atoms with E-state index >= 15 is 0 Å². The van der Waals surface area contributed by atoms with E-state index < -0.39 is 34.4 Å². The molecule has 1 unspecified atom stereocenters. The number of carbonyl (C=O) groups is 1. The van der Waals surface area contributed by atoms with E-state index in [1.807, 2.05) is 44.2 Å². The summed E-state index contributed by atoms with van der Waals surface area (Å²) in [4.78, 5) is 13.1. The summed E-state index contributed by atoms with van der Waals surface area (Å²) >= 11 is 0. The van der Waals surface area contributed by atoms with Gasteiger partial charge in [-0.3, -0.25) is 0 Å². The lowest BCUT2D eigenvalue weighted by atomic mass is 9.99. The van der Waals surface area contributed by atoms with Crippen LogP contribution in [0.4, 0.5) is 4.79 Å². The number of β-amino-alcohol motifs (C(OH)–C–C–N with tert-alkyl or cyclic N) is 1. The average molecular weight is 561 g/mol. The standard InChI is InChI=1S/C28H36N2O8S/c1-3-35-20-9-10-26-22(14-20)18(2)15-30(39(26,33)34)16-24(31)23(13-19-7-5-4-6-8-19)29-28(32)38-25-17-37-27-21(25)11-12-36-27/h4-10,14,18,21,23-25,27,31H,3,11-13,15-17H2,1-2H3,(H,29,32)/t18?,21-,23-,24+,25-,27+/m0/s1. The third kappa shape index (κ3) is 6.07. The Balaban J connectivity index is 1.31. The number of alkyl carbamates (subject to hydrolysis) is 1. The largest absolute Gasteiger partial charge is 0.494 e. The van der Waals surface area contributed by atoms with Gasteiger partial charge in [-0.25, -0.2) is 13.2 Å². The predicted molar refractivity (Wildman–Crippen MR) is 142 cm³/mol. The van der Waals surface area contributed by atoms with Crippen LogP contribution >= 0.6 is 0 Å². The van der Waals surface area contributed by atoms with Crippen LogP contribution < -0.4 is 10.1 Å². The van der Waals surface area contributed by atoms with E-state index in [2.05, 4.69) is 5.32 Å². The first-order valence-electron chi connectivity index (χ1n) is 13.5. The summed E-state index contributed by atoms with van der Waals surface area (Å²) in [5.74, 6) is 0.502. The number of carbonyl (C=O) groups excluding carboxylic acids is 1. The fourth-order valence-corrected chi connectivity index (χ4v) is 7.42. The first-order chi connectivity index (χ1) is 18.8. The Labute approximate surface area is 229 Å². The average Bonchev–Trinajstić information content (AvgIpc) is 3.53. The molecule has 3 aliphatic rings. The number of benzene rings is 2. The Hall–Kier alpha value is -2.70. The third-order valence-corrected chi connectivity index (χ3v) is 9.52. The zero-order chi connectivity index (χ0) is 27.6. The van der Waals surface area contributed by atoms with Gasteiger partial charge in [0.25, 0.3) is 0 Å². The zero-order valence-electron chi connectivity index (χ0n) is 22.2. The maximum absolute atomic E-state index is 13.5. The van der Waals surface area contributed by atoms with Gasteiger partial charge in [0.15, 0.2) is 6.29 Å². The molecule has 5 rings (SSSR count). The van der Waals surface area contributed by atoms with Crippen molar-refractivity contribution in [3.8, 4) is 5.75 Å². The Morgan fingerprint density at radius 2 is 2.00 bits per heavy atom. The van der Waals surface area contributed by atoms with Crippen molar-refractivity contribution in [3.05, 3.63) is 59.7 Å². The maximum atomic E-state index is 13.5. The predicted octanol–water partition coefficient (Wildman–Crippen LogP) is 2.65. The SMILES string of the molecule is CCOc1ccc2c(c1)C(C)CN(C[C@@H](O)[C@H](Cc1ccccc1)NC(=O)O[C@H]1CO[C@H]3OCC[C@H]31)S2(=O)=O. The fraction of sp³-hybridized carbons (Fsp3) is 0.536. The number of nitrogens with one attached hydrogen (secondary N) is 1. The number of aliphatic hydroxyl groups excluding tert-OH is 1. The molecule has 3 aliphatic heterocycles. The van der Waals surface area contributed by atoms with Crippen LogP contribution in [0.25, 0.3) is 0 Å². The van der Waals surface area contributed by atoms with Gasteiger partial charge >= 0.3 is 6.09 Å². The normalized spacial score (nSPS) is 27.3. The molecule has 2 N–H and O–H groups in total. The van der Waals surface area contributed by atoms with Crippen LogP contribution in [0.1, 0.15) is 37.3 Å². The minimum atomic E-state index is -3.86. The van der Waals surface area contributed by atoms with Crippen LogP contribution in [0.3, 0.4) is 0 Å². The first kappa shape index (κ1) is 27.9. The molecule has 2 saturated heterocycles. The van der Waals surface area contributed by atoms with Gasteiger partial charge in [0, 0.05) is 13.1 Å². The number of ether oxygens (including phenoxy) is 4. The maximum Gasteiger partial charge on any atom is 0.407 e. The van der Waals surface area contributed by atoms with Crippen LogP contribution in [0.15, 0.2) is 53.4 Å². The van der Waals surface area contributed by atoms with Gasteiger partial charge in [0.1, 0.15) is 11.9 Å². The number of amides is 1. The van der Waals surface area contributed by atoms with Crippen molar-refractivity contribution < 1.29 is 37.3 Å². The number of fused-ring (bicyclic) bond motifs is 2. The molecule has 10 nitrogen and oxygen atoms in total. The van der Waals surface area contributed by atoms with E-state index in [1.165, 1.54) is 4.31 Å². The molecular weight excluding hydrogens is 524 g/mol. The smallest absolute Gasteiger partial charge is 0.407 e. The summed E-state index contributed by atoms with van der Waals surface area (Å²) in [6.45, 7) is 5.14. The first-order valence-corrected chi connectivity index (χ1v) is 14.9. The van der Waals surface area contributed by atoms with Gasteiger partial charge in [-0.1, -0.05) is 37.3 Å². The molecule has 2 aromatic carbocycles. The highest BCUT2D eigenvalue weighted by Gasteiger charge is 2.44. The highest BCUT2D eigenvalue weighted by molar-refractivity contribution is 7.89. The molecule has 0 saturated carbocycles. The summed E-state index contributed by atoms with van der Waals surface area (Å²) in [6, 6.07) is 13.6. The topological polar surface area (TPSA) is 124 Å². The molecule has 0 spiro atoms. The van der Waals surface area contributed by atoms with Gasteiger partial charge in [-0.2, -0.15) is 4.31 Å². The van der Waals surface area contributed by atoms with E-state index in [0.29, 0.717) is 30.9 Å². The van der Waals surface area contributed by atoms with Crippen LogP contribution in [0.5, 0.6) is 5.75 Å². The summed E-state index contributed by atoms with van der Waals surface area (Å²) in [6.07, 6.45) is -1.62. The van der Waals surface area contributed by atoms with Gasteiger partial charge in [0.2, 0.25) is 10.0 Å². The lowest BCUT2D eigenvalue weighted by molar-refractivity contribution is -0.0907. The molecule has 2 fully saturated rings. The van der Waals surface area contributed by atoms with E-state index in [-0.39, 0.29) is 42.7 Å². The number of sulfonamides is 1. The van der Waals surface area contributed by atoms with Crippen LogP contribution in [-0.4, -0.2) is 81.4 Å². The molecule has 0 bridgehead atoms. The van der Waals surface area contributed by atoms with Crippen molar-refractivity contribution in [3.63, 3.8) is 0 Å². The van der Waals surface area contributed by atoms with Crippen molar-refractivity contribution in [2.45, 2.75) is 62.0 Å². The van der Waals surface area contributed by atoms with Crippen LogP contribution in [0.2, 0.25) is 0 Å². The monoisotopic (exact) mass is 560 g/mol. The third-order valence-electron chi connectivity index (χ3n) is 7.62. The molecule has 39 heavy (non-hydrogen) atoms. The highest BCUT2D eigenvalue weighted by Crippen LogP contribution is 2.36. The molecule has 3 heterocycles. The molecule has 11 heteroatoms. The minimum absolute atomic E-state index is 0.0171. The molecule has 0 aliphatic carbocycles. The number of nitrogens with zero attached hydrogens (tertiary/aromatic N) is 1. The minimum Gasteiger partial charge on any atom is -0.494 e. The summed E-state index contributed by atoms with van der Waals surface area (Å²) < 4.78 is 50.6. The van der Waals surface area contributed by atoms with Crippen molar-refractivity contribution in [2.75, 3.05) is 32.9 Å². The van der Waals surface area contributed by atoms with E-state index in [4.69, 9.17) is 18.9 Å². The van der Waals surface area contributed by atoms with Crippen molar-refractivity contribution >= 4 is 16.1 Å². The number of aliphatic hydroxyl groups is 1. The summed E-state index contributed by atoms with van der Waals surface area (Å²) in [5.41, 5.74) is 1.58. The van der Waals surface area contributed by atoms with Gasteiger partial charge in [0.05, 0.1) is 42.8 Å². The Bertz CT molecular complexity index is 1260. The molecular formula is C28H36N2O8S. The quantitative estimate of drug-likeness (QED) is 0.480. The highest BCUT2D eigenvalue weighted by atomic mass is 32.2. The Morgan fingerprint density at radius 3 is 2.77 bits per heavy atom. The van der Waals surface area contributed by atoms with E-state index in [1.54, 1.807) is 18.2 Å². The summed E-state index contributed by atoms with van der Waals surface area (Å²) in [7, 11) is -3.86. The van der Waals surface area contributed by atoms with Crippen molar-refractivity contribution in [1.82, 2.24) is 9.62 Å². The van der Waals surface area contributed by atoms with E-state index in [9.17, 15) is 18.3 Å². The second kappa shape index (κ2) is 11.8. The van der Waals surface area contributed by atoms with Gasteiger partial charge < -0.3 is 29.4 Å². The molecule has 1 amide bonds. The second-order valence-electron chi connectivity index (χ2n) is 10.3. The zero-order valence-corrected chi connectivity index (χ0v) is 23.0. The lowest BCUT2D eigenvalue weighted by Crippen LogP contribution is -2.52. The van der Waals surface area contributed by atoms with E-state index in [0.717, 1.165) is 12.0 Å². The summed E-state index contributed by atoms with van der Waals surface area (Å²) in [5, 5.41) is 14.1. The molecule has 212 valence electrons. The van der Waals surface area contributed by atoms with Gasteiger partial charge in [-0.15, -0.1) is 0 Å².